The Morgan fingerprint density at radius 2 is 2.00 bits per heavy atom. The average Bonchev–Trinajstić information content (AvgIpc) is 2.38. The van der Waals surface area contributed by atoms with Crippen LogP contribution in [-0.2, 0) is 0 Å². The van der Waals surface area contributed by atoms with Crippen molar-refractivity contribution in [2.24, 2.45) is 5.10 Å². The van der Waals surface area contributed by atoms with Crippen LogP contribution in [0.1, 0.15) is 0 Å². The molecule has 0 heterocycles. The number of halogens is 3. The van der Waals surface area contributed by atoms with Crippen LogP contribution in [0.5, 0.6) is 0 Å². The molecule has 0 saturated carbocycles. The number of anilines is 1. The highest BCUT2D eigenvalue weighted by molar-refractivity contribution is 9.10. The van der Waals surface area contributed by atoms with Crippen molar-refractivity contribution in [3.05, 3.63) is 32.3 Å². The number of nitro benzene ring substituents is 1. The summed E-state index contributed by atoms with van der Waals surface area (Å²) in [5.74, 6) is -2.92. The Bertz CT molecular complexity index is 646. The van der Waals surface area contributed by atoms with Gasteiger partial charge in [-0.15, -0.1) is 0 Å². The Hall–Kier alpha value is -2.59. The van der Waals surface area contributed by atoms with E-state index >= 15 is 0 Å². The molecule has 19 heavy (non-hydrogen) atoms. The zero-order valence-electron chi connectivity index (χ0n) is 8.82. The van der Waals surface area contributed by atoms with Crippen LogP contribution in [0.3, 0.4) is 0 Å². The maximum Gasteiger partial charge on any atom is 0.298 e. The van der Waals surface area contributed by atoms with Gasteiger partial charge in [0.15, 0.2) is 17.3 Å². The molecule has 0 saturated heterocycles. The van der Waals surface area contributed by atoms with E-state index in [1.54, 1.807) is 5.43 Å². The molecule has 1 aromatic carbocycles. The van der Waals surface area contributed by atoms with Gasteiger partial charge in [-0.25, -0.2) is 8.78 Å². The van der Waals surface area contributed by atoms with E-state index in [-0.39, 0.29) is 0 Å². The Morgan fingerprint density at radius 3 is 2.47 bits per heavy atom. The quantitative estimate of drug-likeness (QED) is 0.395. The van der Waals surface area contributed by atoms with Gasteiger partial charge in [-0.2, -0.15) is 15.6 Å². The molecular formula is C9H2BrF2N5O2. The van der Waals surface area contributed by atoms with Gasteiger partial charge in [0.05, 0.1) is 9.40 Å². The molecule has 0 fully saturated rings. The van der Waals surface area contributed by atoms with Crippen LogP contribution in [0.15, 0.2) is 15.6 Å². The molecule has 10 heteroatoms. The van der Waals surface area contributed by atoms with Crippen LogP contribution >= 0.6 is 15.9 Å². The number of hydrazone groups is 1. The second-order valence-corrected chi connectivity index (χ2v) is 3.79. The lowest BCUT2D eigenvalue weighted by atomic mass is 10.2. The molecular weight excluding hydrogens is 328 g/mol. The molecule has 1 aromatic rings. The van der Waals surface area contributed by atoms with Gasteiger partial charge in [-0.05, 0) is 15.9 Å². The second-order valence-electron chi connectivity index (χ2n) is 2.93. The van der Waals surface area contributed by atoms with Crippen LogP contribution in [0.2, 0.25) is 0 Å². The number of nitrogens with zero attached hydrogens (tertiary/aromatic N) is 4. The molecule has 96 valence electrons. The number of nitro groups is 1. The minimum atomic E-state index is -1.56. The number of hydrogen-bond donors (Lipinski definition) is 1. The lowest BCUT2D eigenvalue weighted by molar-refractivity contribution is -0.384. The van der Waals surface area contributed by atoms with Crippen molar-refractivity contribution >= 4 is 33.0 Å². The standard InChI is InChI=1S/C9H2BrF2N5O2/c10-5-1-6(17(18)19)9(8(12)7(5)11)16-15-4(2-13)3-14/h1,16H. The first-order chi connectivity index (χ1) is 8.92. The molecule has 0 bridgehead atoms. The number of nitrogens with one attached hydrogen (secondary N) is 1. The highest BCUT2D eigenvalue weighted by Crippen LogP contribution is 2.34. The fourth-order valence-electron chi connectivity index (χ4n) is 1.02. The van der Waals surface area contributed by atoms with Gasteiger partial charge in [-0.3, -0.25) is 15.5 Å². The molecule has 0 aliphatic rings. The van der Waals surface area contributed by atoms with E-state index in [1.165, 1.54) is 12.1 Å². The summed E-state index contributed by atoms with van der Waals surface area (Å²) in [6.45, 7) is 0. The molecule has 0 aliphatic carbocycles. The number of benzene rings is 1. The van der Waals surface area contributed by atoms with Crippen LogP contribution in [-0.4, -0.2) is 10.6 Å². The Morgan fingerprint density at radius 1 is 1.42 bits per heavy atom. The zero-order chi connectivity index (χ0) is 14.6. The number of rotatable bonds is 3. The summed E-state index contributed by atoms with van der Waals surface area (Å²) in [5, 5.41) is 30.6. The Balaban J connectivity index is 3.39. The first-order valence-electron chi connectivity index (χ1n) is 4.38. The smallest absolute Gasteiger partial charge is 0.267 e. The normalized spacial score (nSPS) is 9.11. The third kappa shape index (κ3) is 3.00. The first-order valence-corrected chi connectivity index (χ1v) is 5.17. The van der Waals surface area contributed by atoms with Crippen molar-refractivity contribution in [1.82, 2.24) is 0 Å². The minimum Gasteiger partial charge on any atom is -0.267 e. The van der Waals surface area contributed by atoms with E-state index in [9.17, 15) is 18.9 Å². The van der Waals surface area contributed by atoms with E-state index in [4.69, 9.17) is 10.5 Å². The summed E-state index contributed by atoms with van der Waals surface area (Å²) >= 11 is 2.62. The lowest BCUT2D eigenvalue weighted by Gasteiger charge is -2.05. The number of hydrogen-bond acceptors (Lipinski definition) is 6. The van der Waals surface area contributed by atoms with E-state index in [2.05, 4.69) is 21.0 Å². The van der Waals surface area contributed by atoms with E-state index in [1.807, 2.05) is 0 Å². The van der Waals surface area contributed by atoms with Gasteiger partial charge < -0.3 is 0 Å². The van der Waals surface area contributed by atoms with Gasteiger partial charge in [0, 0.05) is 6.07 Å². The molecule has 1 rings (SSSR count). The van der Waals surface area contributed by atoms with Crippen molar-refractivity contribution in [3.8, 4) is 12.1 Å². The Labute approximate surface area is 113 Å². The summed E-state index contributed by atoms with van der Waals surface area (Å²) in [7, 11) is 0. The zero-order valence-corrected chi connectivity index (χ0v) is 10.4. The van der Waals surface area contributed by atoms with Crippen LogP contribution in [0, 0.1) is 44.4 Å². The summed E-state index contributed by atoms with van der Waals surface area (Å²) < 4.78 is 26.4. The highest BCUT2D eigenvalue weighted by atomic mass is 79.9. The molecule has 0 amide bonds. The summed E-state index contributed by atoms with van der Waals surface area (Å²) in [6, 6.07) is 3.43. The largest absolute Gasteiger partial charge is 0.298 e. The van der Waals surface area contributed by atoms with Crippen LogP contribution in [0.25, 0.3) is 0 Å². The highest BCUT2D eigenvalue weighted by Gasteiger charge is 2.24. The second kappa shape index (κ2) is 5.84. The predicted octanol–water partition coefficient (Wildman–Crippen LogP) is 2.45. The topological polar surface area (TPSA) is 115 Å². The van der Waals surface area contributed by atoms with Gasteiger partial charge in [0.25, 0.3) is 5.69 Å². The molecule has 0 atom stereocenters. The Kier molecular flexibility index (Phi) is 4.45. The van der Waals surface area contributed by atoms with Gasteiger partial charge in [0.2, 0.25) is 5.71 Å². The van der Waals surface area contributed by atoms with Gasteiger partial charge in [0.1, 0.15) is 12.1 Å². The first kappa shape index (κ1) is 14.5. The summed E-state index contributed by atoms with van der Waals surface area (Å²) in [5.41, 5.74) is -0.581. The monoisotopic (exact) mass is 329 g/mol. The van der Waals surface area contributed by atoms with Crippen LogP contribution < -0.4 is 5.43 Å². The van der Waals surface area contributed by atoms with Crippen molar-refractivity contribution in [3.63, 3.8) is 0 Å². The van der Waals surface area contributed by atoms with E-state index in [0.29, 0.717) is 0 Å². The fourth-order valence-corrected chi connectivity index (χ4v) is 1.41. The van der Waals surface area contributed by atoms with E-state index < -0.39 is 38.1 Å². The summed E-state index contributed by atoms with van der Waals surface area (Å²) in [4.78, 5) is 9.73. The lowest BCUT2D eigenvalue weighted by Crippen LogP contribution is -2.04. The molecule has 1 N–H and O–H groups in total. The molecule has 7 nitrogen and oxygen atoms in total. The molecule has 0 radical (unpaired) electrons. The van der Waals surface area contributed by atoms with Crippen molar-refractivity contribution in [2.45, 2.75) is 0 Å². The molecule has 0 unspecified atom stereocenters. The number of nitriles is 2. The van der Waals surface area contributed by atoms with E-state index in [0.717, 1.165) is 6.07 Å². The third-order valence-corrected chi connectivity index (χ3v) is 2.41. The molecule has 0 aromatic heterocycles. The summed E-state index contributed by atoms with van der Waals surface area (Å²) in [6.07, 6.45) is 0. The van der Waals surface area contributed by atoms with Crippen molar-refractivity contribution in [1.29, 1.82) is 10.5 Å². The molecule has 0 spiro atoms. The van der Waals surface area contributed by atoms with Crippen LogP contribution in [0.4, 0.5) is 20.2 Å². The van der Waals surface area contributed by atoms with Crippen molar-refractivity contribution in [2.75, 3.05) is 5.43 Å². The maximum absolute atomic E-state index is 13.5. The average molecular weight is 330 g/mol. The minimum absolute atomic E-state index is 0.438. The predicted molar refractivity (Wildman–Crippen MR) is 63.0 cm³/mol. The SMILES string of the molecule is N#CC(C#N)=NNc1c([N+](=O)[O-])cc(Br)c(F)c1F. The fraction of sp³-hybridized carbons (Fsp3) is 0. The maximum atomic E-state index is 13.5. The molecule has 0 aliphatic heterocycles. The van der Waals surface area contributed by atoms with Gasteiger partial charge in [-0.1, -0.05) is 0 Å². The third-order valence-electron chi connectivity index (χ3n) is 1.83. The van der Waals surface area contributed by atoms with Crippen molar-refractivity contribution < 1.29 is 13.7 Å². The van der Waals surface area contributed by atoms with Gasteiger partial charge >= 0.3 is 0 Å².